The fourth-order valence-corrected chi connectivity index (χ4v) is 2.65. The van der Waals surface area contributed by atoms with Gasteiger partial charge < -0.3 is 10.8 Å². The molecule has 0 fully saturated rings. The fourth-order valence-electron chi connectivity index (χ4n) is 2.65. The summed E-state index contributed by atoms with van der Waals surface area (Å²) in [5.41, 5.74) is 11.2. The van der Waals surface area contributed by atoms with Gasteiger partial charge in [0, 0.05) is 12.6 Å². The van der Waals surface area contributed by atoms with Gasteiger partial charge in [0.25, 0.3) is 0 Å². The van der Waals surface area contributed by atoms with Crippen molar-refractivity contribution >= 4 is 5.82 Å². The van der Waals surface area contributed by atoms with E-state index in [1.165, 1.54) is 5.56 Å². The number of aliphatic hydroxyl groups excluding tert-OH is 1. The highest BCUT2D eigenvalue weighted by Crippen LogP contribution is 2.27. The lowest BCUT2D eigenvalue weighted by atomic mass is 9.92. The zero-order chi connectivity index (χ0) is 14.0. The molecule has 0 aliphatic carbocycles. The van der Waals surface area contributed by atoms with Crippen LogP contribution < -0.4 is 5.73 Å². The summed E-state index contributed by atoms with van der Waals surface area (Å²) in [7, 11) is 0. The predicted molar refractivity (Wildman–Crippen MR) is 78.0 cm³/mol. The molecule has 0 aliphatic rings. The Morgan fingerprint density at radius 2 is 1.84 bits per heavy atom. The lowest BCUT2D eigenvalue weighted by molar-refractivity contribution is 0.177. The number of nitrogens with zero attached hydrogens (tertiary/aromatic N) is 1. The van der Waals surface area contributed by atoms with Crippen molar-refractivity contribution < 1.29 is 5.11 Å². The molecule has 1 unspecified atom stereocenters. The van der Waals surface area contributed by atoms with Gasteiger partial charge >= 0.3 is 0 Å². The summed E-state index contributed by atoms with van der Waals surface area (Å²) in [6, 6.07) is 7.94. The van der Waals surface area contributed by atoms with E-state index in [0.717, 1.165) is 22.3 Å². The summed E-state index contributed by atoms with van der Waals surface area (Å²) >= 11 is 0. The van der Waals surface area contributed by atoms with Crippen molar-refractivity contribution in [3.05, 3.63) is 58.3 Å². The zero-order valence-corrected chi connectivity index (χ0v) is 11.6. The number of pyridine rings is 1. The van der Waals surface area contributed by atoms with E-state index in [0.29, 0.717) is 12.2 Å². The Hall–Kier alpha value is -1.87. The van der Waals surface area contributed by atoms with Gasteiger partial charge in [-0.3, -0.25) is 0 Å². The van der Waals surface area contributed by atoms with Gasteiger partial charge in [0.1, 0.15) is 5.82 Å². The molecule has 0 radical (unpaired) electrons. The molecule has 3 N–H and O–H groups in total. The lowest BCUT2D eigenvalue weighted by Crippen LogP contribution is -2.08. The molecular formula is C16H20N2O. The first-order valence-electron chi connectivity index (χ1n) is 6.44. The Bertz CT molecular complexity index is 570. The minimum atomic E-state index is -0.549. The standard InChI is InChI=1S/C16H20N2O/c1-10-7-11(2)15(12(3)8-10)14(19)9-13-5-4-6-18-16(13)17/h4-8,14,19H,9H2,1-3H3,(H2,17,18). The summed E-state index contributed by atoms with van der Waals surface area (Å²) in [4.78, 5) is 4.05. The smallest absolute Gasteiger partial charge is 0.126 e. The molecule has 2 rings (SSSR count). The van der Waals surface area contributed by atoms with Crippen LogP contribution in [0.25, 0.3) is 0 Å². The minimum Gasteiger partial charge on any atom is -0.388 e. The maximum absolute atomic E-state index is 10.5. The fraction of sp³-hybridized carbons (Fsp3) is 0.312. The topological polar surface area (TPSA) is 59.1 Å². The number of hydrogen-bond donors (Lipinski definition) is 2. The largest absolute Gasteiger partial charge is 0.388 e. The van der Waals surface area contributed by atoms with Crippen LogP contribution in [0.1, 0.15) is 33.9 Å². The first-order valence-corrected chi connectivity index (χ1v) is 6.44. The molecule has 2 aromatic rings. The Morgan fingerprint density at radius 3 is 2.42 bits per heavy atom. The molecule has 0 aliphatic heterocycles. The van der Waals surface area contributed by atoms with Crippen LogP contribution in [0.2, 0.25) is 0 Å². The number of aryl methyl sites for hydroxylation is 3. The lowest BCUT2D eigenvalue weighted by Gasteiger charge is -2.18. The van der Waals surface area contributed by atoms with Gasteiger partial charge in [-0.25, -0.2) is 4.98 Å². The van der Waals surface area contributed by atoms with Crippen molar-refractivity contribution in [2.75, 3.05) is 5.73 Å². The first-order chi connectivity index (χ1) is 8.99. The normalized spacial score (nSPS) is 12.4. The molecular weight excluding hydrogens is 236 g/mol. The number of nitrogens with two attached hydrogens (primary N) is 1. The maximum atomic E-state index is 10.5. The number of rotatable bonds is 3. The molecule has 0 bridgehead atoms. The summed E-state index contributed by atoms with van der Waals surface area (Å²) in [5, 5.41) is 10.5. The molecule has 100 valence electrons. The van der Waals surface area contributed by atoms with Crippen molar-refractivity contribution in [2.24, 2.45) is 0 Å². The molecule has 1 heterocycles. The molecule has 1 aromatic heterocycles. The van der Waals surface area contributed by atoms with Gasteiger partial charge in [-0.2, -0.15) is 0 Å². The second-order valence-corrected chi connectivity index (χ2v) is 5.08. The third kappa shape index (κ3) is 2.93. The van der Waals surface area contributed by atoms with Crippen LogP contribution in [0.3, 0.4) is 0 Å². The number of aliphatic hydroxyl groups is 1. The Kier molecular flexibility index (Phi) is 3.86. The monoisotopic (exact) mass is 256 g/mol. The molecule has 3 nitrogen and oxygen atoms in total. The van der Waals surface area contributed by atoms with E-state index in [-0.39, 0.29) is 0 Å². The second kappa shape index (κ2) is 5.41. The summed E-state index contributed by atoms with van der Waals surface area (Å²) in [5.74, 6) is 0.490. The van der Waals surface area contributed by atoms with Crippen LogP contribution in [0, 0.1) is 20.8 Å². The summed E-state index contributed by atoms with van der Waals surface area (Å²) in [6.07, 6.45) is 1.60. The Balaban J connectivity index is 2.31. The zero-order valence-electron chi connectivity index (χ0n) is 11.6. The van der Waals surface area contributed by atoms with Crippen LogP contribution in [0.5, 0.6) is 0 Å². The van der Waals surface area contributed by atoms with Crippen LogP contribution >= 0.6 is 0 Å². The van der Waals surface area contributed by atoms with E-state index in [9.17, 15) is 5.11 Å². The van der Waals surface area contributed by atoms with Crippen LogP contribution in [-0.2, 0) is 6.42 Å². The van der Waals surface area contributed by atoms with Gasteiger partial charge in [-0.15, -0.1) is 0 Å². The van der Waals surface area contributed by atoms with Gasteiger partial charge in [0.15, 0.2) is 0 Å². The summed E-state index contributed by atoms with van der Waals surface area (Å²) < 4.78 is 0. The van der Waals surface area contributed by atoms with Gasteiger partial charge in [0.2, 0.25) is 0 Å². The molecule has 0 spiro atoms. The average Bonchev–Trinajstić information content (AvgIpc) is 2.30. The van der Waals surface area contributed by atoms with Crippen molar-refractivity contribution in [2.45, 2.75) is 33.3 Å². The van der Waals surface area contributed by atoms with Crippen molar-refractivity contribution in [3.8, 4) is 0 Å². The predicted octanol–water partition coefficient (Wildman–Crippen LogP) is 2.87. The number of benzene rings is 1. The molecule has 0 saturated carbocycles. The van der Waals surface area contributed by atoms with E-state index < -0.39 is 6.10 Å². The van der Waals surface area contributed by atoms with Crippen molar-refractivity contribution in [3.63, 3.8) is 0 Å². The van der Waals surface area contributed by atoms with E-state index in [1.54, 1.807) is 6.20 Å². The molecule has 0 saturated heterocycles. The average molecular weight is 256 g/mol. The molecule has 1 aromatic carbocycles. The Labute approximate surface area is 114 Å². The second-order valence-electron chi connectivity index (χ2n) is 5.08. The van der Waals surface area contributed by atoms with E-state index in [2.05, 4.69) is 24.0 Å². The molecule has 0 amide bonds. The van der Waals surface area contributed by atoms with Crippen LogP contribution in [0.15, 0.2) is 30.5 Å². The van der Waals surface area contributed by atoms with E-state index in [1.807, 2.05) is 26.0 Å². The molecule has 3 heteroatoms. The van der Waals surface area contributed by atoms with Gasteiger partial charge in [0.05, 0.1) is 6.10 Å². The maximum Gasteiger partial charge on any atom is 0.126 e. The highest BCUT2D eigenvalue weighted by Gasteiger charge is 2.15. The SMILES string of the molecule is Cc1cc(C)c(C(O)Cc2cccnc2N)c(C)c1. The van der Waals surface area contributed by atoms with Gasteiger partial charge in [-0.05, 0) is 49.1 Å². The number of nitrogen functional groups attached to an aromatic ring is 1. The third-order valence-corrected chi connectivity index (χ3v) is 3.41. The summed E-state index contributed by atoms with van der Waals surface area (Å²) in [6.45, 7) is 6.13. The highest BCUT2D eigenvalue weighted by molar-refractivity contribution is 5.43. The van der Waals surface area contributed by atoms with Gasteiger partial charge in [-0.1, -0.05) is 23.8 Å². The quantitative estimate of drug-likeness (QED) is 0.887. The van der Waals surface area contributed by atoms with Crippen molar-refractivity contribution in [1.29, 1.82) is 0 Å². The molecule has 1 atom stereocenters. The molecule has 19 heavy (non-hydrogen) atoms. The minimum absolute atomic E-state index is 0.490. The van der Waals surface area contributed by atoms with Crippen LogP contribution in [-0.4, -0.2) is 10.1 Å². The third-order valence-electron chi connectivity index (χ3n) is 3.41. The first kappa shape index (κ1) is 13.6. The number of anilines is 1. The number of aromatic nitrogens is 1. The van der Waals surface area contributed by atoms with E-state index >= 15 is 0 Å². The van der Waals surface area contributed by atoms with Crippen LogP contribution in [0.4, 0.5) is 5.82 Å². The van der Waals surface area contributed by atoms with Crippen molar-refractivity contribution in [1.82, 2.24) is 4.98 Å². The number of hydrogen-bond acceptors (Lipinski definition) is 3. The Morgan fingerprint density at radius 1 is 1.21 bits per heavy atom. The highest BCUT2D eigenvalue weighted by atomic mass is 16.3. The van der Waals surface area contributed by atoms with E-state index in [4.69, 9.17) is 5.73 Å².